The van der Waals surface area contributed by atoms with Crippen LogP contribution in [0.3, 0.4) is 0 Å². The number of esters is 2. The van der Waals surface area contributed by atoms with Gasteiger partial charge in [-0.05, 0) is 57.5 Å². The summed E-state index contributed by atoms with van der Waals surface area (Å²) >= 11 is 0. The van der Waals surface area contributed by atoms with E-state index in [2.05, 4.69) is 15.4 Å². The molecular weight excluding hydrogens is 428 g/mol. The van der Waals surface area contributed by atoms with E-state index in [4.69, 9.17) is 14.2 Å². The number of ether oxygens (including phenoxy) is 3. The average molecular weight is 454 g/mol. The van der Waals surface area contributed by atoms with Crippen LogP contribution in [0.5, 0.6) is 5.88 Å². The van der Waals surface area contributed by atoms with Gasteiger partial charge >= 0.3 is 11.9 Å². The number of hydrogen-bond acceptors (Lipinski definition) is 8. The first-order valence-electron chi connectivity index (χ1n) is 10.5. The number of rotatable bonds is 8. The summed E-state index contributed by atoms with van der Waals surface area (Å²) in [6.07, 6.45) is 0. The summed E-state index contributed by atoms with van der Waals surface area (Å²) in [5, 5.41) is 7.68. The highest BCUT2D eigenvalue weighted by Gasteiger charge is 2.18. The molecule has 0 unspecified atom stereocenters. The molecule has 1 N–H and O–H groups in total. The summed E-state index contributed by atoms with van der Waals surface area (Å²) in [4.78, 5) is 41.4. The number of carbonyl (C=O) groups excluding carboxylic acids is 3. The Morgan fingerprint density at radius 1 is 0.970 bits per heavy atom. The fourth-order valence-corrected chi connectivity index (χ4v) is 3.35. The third-order valence-corrected chi connectivity index (χ3v) is 4.67. The normalized spacial score (nSPS) is 10.7. The molecule has 0 aliphatic rings. The SMILES string of the molecule is CCOC(=O)c1cc(NC(=O)COc2nn(C)c3nc(C)cc(C)c23)cc(C(=O)OCC)c1. The summed E-state index contributed by atoms with van der Waals surface area (Å²) in [6.45, 7) is 7.16. The van der Waals surface area contributed by atoms with Crippen molar-refractivity contribution < 1.29 is 28.6 Å². The molecule has 1 amide bonds. The molecule has 10 nitrogen and oxygen atoms in total. The van der Waals surface area contributed by atoms with Gasteiger partial charge in [0.15, 0.2) is 12.3 Å². The second-order valence-electron chi connectivity index (χ2n) is 7.28. The van der Waals surface area contributed by atoms with Crippen molar-refractivity contribution in [1.82, 2.24) is 14.8 Å². The average Bonchev–Trinajstić information content (AvgIpc) is 3.08. The summed E-state index contributed by atoms with van der Waals surface area (Å²) in [5.74, 6) is -1.44. The van der Waals surface area contributed by atoms with E-state index in [9.17, 15) is 14.4 Å². The number of benzene rings is 1. The highest BCUT2D eigenvalue weighted by Crippen LogP contribution is 2.27. The molecule has 0 saturated heterocycles. The first-order chi connectivity index (χ1) is 15.7. The van der Waals surface area contributed by atoms with Gasteiger partial charge in [0.05, 0.1) is 29.7 Å². The Morgan fingerprint density at radius 2 is 1.58 bits per heavy atom. The van der Waals surface area contributed by atoms with E-state index in [0.717, 1.165) is 16.6 Å². The van der Waals surface area contributed by atoms with Gasteiger partial charge < -0.3 is 19.5 Å². The van der Waals surface area contributed by atoms with E-state index < -0.39 is 17.8 Å². The standard InChI is InChI=1S/C23H26N4O6/c1-6-31-22(29)15-9-16(23(30)32-7-2)11-17(10-15)25-18(28)12-33-21-19-13(3)8-14(4)24-20(19)27(5)26-21/h8-11H,6-7,12H2,1-5H3,(H,25,28). The van der Waals surface area contributed by atoms with Crippen molar-refractivity contribution in [2.45, 2.75) is 27.7 Å². The lowest BCUT2D eigenvalue weighted by atomic mass is 10.1. The number of aryl methyl sites for hydroxylation is 3. The van der Waals surface area contributed by atoms with Crippen LogP contribution < -0.4 is 10.1 Å². The maximum absolute atomic E-state index is 12.6. The lowest BCUT2D eigenvalue weighted by Gasteiger charge is -2.11. The fraction of sp³-hybridized carbons (Fsp3) is 0.348. The number of carbonyl (C=O) groups is 3. The molecule has 3 rings (SSSR count). The van der Waals surface area contributed by atoms with Crippen molar-refractivity contribution >= 4 is 34.6 Å². The highest BCUT2D eigenvalue weighted by molar-refractivity contribution is 6.00. The molecule has 10 heteroatoms. The summed E-state index contributed by atoms with van der Waals surface area (Å²) < 4.78 is 17.3. The predicted octanol–water partition coefficient (Wildman–Crippen LogP) is 2.96. The second kappa shape index (κ2) is 10.1. The van der Waals surface area contributed by atoms with Crippen LogP contribution in [0.1, 0.15) is 45.8 Å². The van der Waals surface area contributed by atoms with Crippen LogP contribution in [0.15, 0.2) is 24.3 Å². The molecule has 0 spiro atoms. The van der Waals surface area contributed by atoms with Gasteiger partial charge in [0.2, 0.25) is 5.88 Å². The molecule has 0 fully saturated rings. The second-order valence-corrected chi connectivity index (χ2v) is 7.28. The number of anilines is 1. The molecule has 0 radical (unpaired) electrons. The number of amides is 1. The Labute approximate surface area is 190 Å². The number of nitrogens with one attached hydrogen (secondary N) is 1. The van der Waals surface area contributed by atoms with Gasteiger partial charge in [-0.25, -0.2) is 19.3 Å². The number of fused-ring (bicyclic) bond motifs is 1. The van der Waals surface area contributed by atoms with E-state index in [0.29, 0.717) is 11.5 Å². The lowest BCUT2D eigenvalue weighted by molar-refractivity contribution is -0.118. The maximum atomic E-state index is 12.6. The Balaban J connectivity index is 1.79. The molecule has 0 aliphatic carbocycles. The predicted molar refractivity (Wildman–Crippen MR) is 120 cm³/mol. The van der Waals surface area contributed by atoms with Crippen LogP contribution in [-0.4, -0.2) is 52.4 Å². The minimum atomic E-state index is -0.617. The zero-order chi connectivity index (χ0) is 24.1. The van der Waals surface area contributed by atoms with Gasteiger partial charge in [-0.15, -0.1) is 5.10 Å². The van der Waals surface area contributed by atoms with Gasteiger partial charge in [-0.3, -0.25) is 4.79 Å². The van der Waals surface area contributed by atoms with Gasteiger partial charge in [0, 0.05) is 18.4 Å². The molecule has 0 atom stereocenters. The number of pyridine rings is 1. The first kappa shape index (κ1) is 23.7. The van der Waals surface area contributed by atoms with Crippen molar-refractivity contribution in [3.8, 4) is 5.88 Å². The molecule has 2 heterocycles. The molecule has 2 aromatic heterocycles. The number of nitrogens with zero attached hydrogens (tertiary/aromatic N) is 3. The third-order valence-electron chi connectivity index (χ3n) is 4.67. The van der Waals surface area contributed by atoms with E-state index in [-0.39, 0.29) is 36.6 Å². The zero-order valence-corrected chi connectivity index (χ0v) is 19.2. The molecular formula is C23H26N4O6. The van der Waals surface area contributed by atoms with Gasteiger partial charge in [-0.1, -0.05) is 0 Å². The lowest BCUT2D eigenvalue weighted by Crippen LogP contribution is -2.21. The minimum absolute atomic E-state index is 0.117. The van der Waals surface area contributed by atoms with Crippen LogP contribution in [0.2, 0.25) is 0 Å². The highest BCUT2D eigenvalue weighted by atomic mass is 16.5. The van der Waals surface area contributed by atoms with E-state index in [1.165, 1.54) is 18.2 Å². The Morgan fingerprint density at radius 3 is 2.15 bits per heavy atom. The molecule has 0 aliphatic heterocycles. The van der Waals surface area contributed by atoms with Gasteiger partial charge in [0.1, 0.15) is 0 Å². The van der Waals surface area contributed by atoms with Crippen LogP contribution in [0.4, 0.5) is 5.69 Å². The van der Waals surface area contributed by atoms with Gasteiger partial charge in [-0.2, -0.15) is 0 Å². The van der Waals surface area contributed by atoms with Crippen molar-refractivity contribution in [2.75, 3.05) is 25.1 Å². The van der Waals surface area contributed by atoms with E-state index >= 15 is 0 Å². The van der Waals surface area contributed by atoms with E-state index in [1.807, 2.05) is 19.9 Å². The summed E-state index contributed by atoms with van der Waals surface area (Å²) in [5.41, 5.74) is 2.91. The van der Waals surface area contributed by atoms with Crippen LogP contribution in [-0.2, 0) is 21.3 Å². The molecule has 174 valence electrons. The number of aromatic nitrogens is 3. The van der Waals surface area contributed by atoms with Crippen molar-refractivity contribution in [3.63, 3.8) is 0 Å². The summed E-state index contributed by atoms with van der Waals surface area (Å²) in [6, 6.07) is 6.12. The van der Waals surface area contributed by atoms with Gasteiger partial charge in [0.25, 0.3) is 5.91 Å². The quantitative estimate of drug-likeness (QED) is 0.516. The van der Waals surface area contributed by atoms with Crippen LogP contribution in [0.25, 0.3) is 11.0 Å². The Bertz CT molecular complexity index is 1180. The Kier molecular flexibility index (Phi) is 7.27. The molecule has 0 saturated carbocycles. The van der Waals surface area contributed by atoms with Crippen LogP contribution >= 0.6 is 0 Å². The van der Waals surface area contributed by atoms with Crippen molar-refractivity contribution in [3.05, 3.63) is 46.6 Å². The van der Waals surface area contributed by atoms with E-state index in [1.54, 1.807) is 25.6 Å². The fourth-order valence-electron chi connectivity index (χ4n) is 3.35. The largest absolute Gasteiger partial charge is 0.466 e. The van der Waals surface area contributed by atoms with Crippen molar-refractivity contribution in [2.24, 2.45) is 7.05 Å². The minimum Gasteiger partial charge on any atom is -0.466 e. The molecule has 1 aromatic carbocycles. The smallest absolute Gasteiger partial charge is 0.338 e. The first-order valence-corrected chi connectivity index (χ1v) is 10.5. The molecule has 3 aromatic rings. The molecule has 33 heavy (non-hydrogen) atoms. The van der Waals surface area contributed by atoms with Crippen LogP contribution in [0, 0.1) is 13.8 Å². The maximum Gasteiger partial charge on any atom is 0.338 e. The topological polar surface area (TPSA) is 122 Å². The summed E-state index contributed by atoms with van der Waals surface area (Å²) in [7, 11) is 1.75. The Hall–Kier alpha value is -3.95. The molecule has 0 bridgehead atoms. The third kappa shape index (κ3) is 5.46. The monoisotopic (exact) mass is 454 g/mol. The number of hydrogen-bond donors (Lipinski definition) is 1. The zero-order valence-electron chi connectivity index (χ0n) is 19.2. The van der Waals surface area contributed by atoms with Crippen molar-refractivity contribution in [1.29, 1.82) is 0 Å².